The predicted molar refractivity (Wildman–Crippen MR) is 149 cm³/mol. The van der Waals surface area contributed by atoms with Crippen molar-refractivity contribution >= 4 is 49.8 Å². The van der Waals surface area contributed by atoms with E-state index in [9.17, 15) is 14.7 Å². The summed E-state index contributed by atoms with van der Waals surface area (Å²) < 4.78 is 13.4. The van der Waals surface area contributed by atoms with Crippen LogP contribution in [0.1, 0.15) is 28.6 Å². The molecule has 4 heterocycles. The largest absolute Gasteiger partial charge is 0.505 e. The van der Waals surface area contributed by atoms with Crippen LogP contribution < -0.4 is 14.4 Å². The molecule has 9 nitrogen and oxygen atoms in total. The number of methoxy groups -OCH3 is 2. The first kappa shape index (κ1) is 24.6. The van der Waals surface area contributed by atoms with Crippen LogP contribution >= 0.6 is 11.3 Å². The fourth-order valence-corrected chi connectivity index (χ4v) is 5.97. The van der Waals surface area contributed by atoms with E-state index in [0.29, 0.717) is 39.1 Å². The second-order valence-corrected chi connectivity index (χ2v) is 10.2. The number of aromatic nitrogens is 3. The molecule has 3 aromatic heterocycles. The maximum atomic E-state index is 13.6. The molecule has 1 N–H and O–H groups in total. The van der Waals surface area contributed by atoms with Gasteiger partial charge in [0, 0.05) is 6.20 Å². The van der Waals surface area contributed by atoms with Gasteiger partial charge in [-0.1, -0.05) is 29.5 Å². The van der Waals surface area contributed by atoms with Gasteiger partial charge in [0.05, 0.1) is 41.7 Å². The van der Waals surface area contributed by atoms with Gasteiger partial charge in [0.2, 0.25) is 0 Å². The van der Waals surface area contributed by atoms with Crippen LogP contribution in [0.25, 0.3) is 21.6 Å². The lowest BCUT2D eigenvalue weighted by Crippen LogP contribution is -2.29. The number of Topliss-reactive ketones (excluding diaryl/α,β-unsaturated/α-hetero) is 1. The number of imidazole rings is 1. The number of aliphatic hydroxyl groups is 1. The molecule has 0 saturated carbocycles. The molecule has 196 valence electrons. The van der Waals surface area contributed by atoms with E-state index in [2.05, 4.69) is 9.97 Å². The molecule has 0 radical (unpaired) electrons. The number of rotatable bonds is 5. The van der Waals surface area contributed by atoms with Crippen LogP contribution in [-0.2, 0) is 9.59 Å². The average molecular weight is 541 g/mol. The predicted octanol–water partition coefficient (Wildman–Crippen LogP) is 5.20. The van der Waals surface area contributed by atoms with Crippen LogP contribution in [0.2, 0.25) is 0 Å². The number of thiazole rings is 1. The number of nitrogens with zero attached hydrogens (tertiary/aromatic N) is 4. The van der Waals surface area contributed by atoms with Gasteiger partial charge in [-0.3, -0.25) is 14.5 Å². The monoisotopic (exact) mass is 540 g/mol. The molecule has 1 amide bonds. The summed E-state index contributed by atoms with van der Waals surface area (Å²) in [4.78, 5) is 37.9. The molecule has 1 aliphatic rings. The van der Waals surface area contributed by atoms with Crippen molar-refractivity contribution in [2.45, 2.75) is 19.9 Å². The third-order valence-corrected chi connectivity index (χ3v) is 7.97. The summed E-state index contributed by atoms with van der Waals surface area (Å²) in [5.41, 5.74) is 3.64. The van der Waals surface area contributed by atoms with E-state index < -0.39 is 17.7 Å². The molecule has 0 spiro atoms. The summed E-state index contributed by atoms with van der Waals surface area (Å²) in [6.45, 7) is 3.73. The normalized spacial score (nSPS) is 16.9. The lowest BCUT2D eigenvalue weighted by atomic mass is 9.96. The number of hydrogen-bond acceptors (Lipinski definition) is 8. The Bertz CT molecular complexity index is 1840. The zero-order chi connectivity index (χ0) is 27.4. The molecular formula is C29H24N4O5S. The highest BCUT2D eigenvalue weighted by Crippen LogP contribution is 2.45. The van der Waals surface area contributed by atoms with Crippen LogP contribution in [-0.4, -0.2) is 45.4 Å². The van der Waals surface area contributed by atoms with Crippen LogP contribution in [0.4, 0.5) is 5.13 Å². The average Bonchev–Trinajstić information content (AvgIpc) is 3.60. The minimum atomic E-state index is -0.951. The molecule has 0 bridgehead atoms. The number of benzene rings is 2. The number of hydrogen-bond donors (Lipinski definition) is 1. The topological polar surface area (TPSA) is 106 Å². The summed E-state index contributed by atoms with van der Waals surface area (Å²) in [5, 5.41) is 12.0. The maximum Gasteiger partial charge on any atom is 0.301 e. The highest BCUT2D eigenvalue weighted by Gasteiger charge is 2.48. The standard InChI is InChI=1S/C29H24N4O5S/c1-15-7-6-12-32-16(2)23(31-27(15)32)25(34)22-24(17-8-5-9-18(13-17)37-3)33(28(36)26(22)35)29-30-20-11-10-19(38-4)14-21(20)39-29/h5-14,24,34H,1-4H3/b25-22+. The number of carbonyl (C=O) groups excluding carboxylic acids is 2. The van der Waals surface area contributed by atoms with E-state index in [1.54, 1.807) is 50.6 Å². The quantitative estimate of drug-likeness (QED) is 0.185. The SMILES string of the molecule is COc1cccc(C2/C(=C(\O)c3nc4c(C)cccn4c3C)C(=O)C(=O)N2c2nc3ccc(OC)cc3s2)c1. The van der Waals surface area contributed by atoms with Crippen LogP contribution in [0.3, 0.4) is 0 Å². The van der Waals surface area contributed by atoms with Gasteiger partial charge in [0.1, 0.15) is 22.8 Å². The van der Waals surface area contributed by atoms with Crippen molar-refractivity contribution in [1.29, 1.82) is 0 Å². The smallest absolute Gasteiger partial charge is 0.301 e. The van der Waals surface area contributed by atoms with Gasteiger partial charge in [0.15, 0.2) is 10.9 Å². The summed E-state index contributed by atoms with van der Waals surface area (Å²) in [5.74, 6) is -0.737. The first-order chi connectivity index (χ1) is 18.8. The van der Waals surface area contributed by atoms with Crippen molar-refractivity contribution in [3.8, 4) is 11.5 Å². The summed E-state index contributed by atoms with van der Waals surface area (Å²) in [7, 11) is 3.12. The highest BCUT2D eigenvalue weighted by molar-refractivity contribution is 7.22. The number of aliphatic hydroxyl groups excluding tert-OH is 1. The Kier molecular flexibility index (Phi) is 5.84. The first-order valence-corrected chi connectivity index (χ1v) is 13.0. The Hall–Kier alpha value is -4.70. The van der Waals surface area contributed by atoms with Gasteiger partial charge >= 0.3 is 5.91 Å². The van der Waals surface area contributed by atoms with Gasteiger partial charge in [-0.2, -0.15) is 0 Å². The van der Waals surface area contributed by atoms with E-state index in [4.69, 9.17) is 9.47 Å². The number of anilines is 1. The van der Waals surface area contributed by atoms with E-state index >= 15 is 0 Å². The molecule has 0 aliphatic carbocycles. The van der Waals surface area contributed by atoms with E-state index in [0.717, 1.165) is 10.3 Å². The van der Waals surface area contributed by atoms with Crippen LogP contribution in [0.5, 0.6) is 11.5 Å². The van der Waals surface area contributed by atoms with Crippen molar-refractivity contribution in [2.75, 3.05) is 19.1 Å². The molecular weight excluding hydrogens is 516 g/mol. The van der Waals surface area contributed by atoms with Crippen LogP contribution in [0.15, 0.2) is 66.4 Å². The minimum Gasteiger partial charge on any atom is -0.505 e. The summed E-state index contributed by atoms with van der Waals surface area (Å²) in [6, 6.07) is 15.3. The Morgan fingerprint density at radius 1 is 0.974 bits per heavy atom. The van der Waals surface area contributed by atoms with E-state index in [1.807, 2.05) is 42.6 Å². The summed E-state index contributed by atoms with van der Waals surface area (Å²) >= 11 is 1.26. The molecule has 1 fully saturated rings. The zero-order valence-electron chi connectivity index (χ0n) is 21.6. The first-order valence-electron chi connectivity index (χ1n) is 12.2. The Balaban J connectivity index is 1.59. The maximum absolute atomic E-state index is 13.6. The van der Waals surface area contributed by atoms with Crippen LogP contribution in [0, 0.1) is 13.8 Å². The second-order valence-electron chi connectivity index (χ2n) is 9.21. The number of carbonyl (C=O) groups is 2. The number of amides is 1. The van der Waals surface area contributed by atoms with Crippen molar-refractivity contribution < 1.29 is 24.2 Å². The Morgan fingerprint density at radius 2 is 1.74 bits per heavy atom. The number of aryl methyl sites for hydroxylation is 2. The fourth-order valence-electron chi connectivity index (χ4n) is 4.95. The molecule has 1 saturated heterocycles. The van der Waals surface area contributed by atoms with E-state index in [-0.39, 0.29) is 17.0 Å². The molecule has 1 aliphatic heterocycles. The summed E-state index contributed by atoms with van der Waals surface area (Å²) in [6.07, 6.45) is 1.84. The Labute approximate surface area is 227 Å². The van der Waals surface area contributed by atoms with Crippen molar-refractivity contribution in [1.82, 2.24) is 14.4 Å². The lowest BCUT2D eigenvalue weighted by molar-refractivity contribution is -0.132. The third kappa shape index (κ3) is 3.83. The van der Waals surface area contributed by atoms with Gasteiger partial charge in [-0.05, 0) is 61.4 Å². The fraction of sp³-hybridized carbons (Fsp3) is 0.172. The highest BCUT2D eigenvalue weighted by atomic mass is 32.1. The molecule has 6 rings (SSSR count). The third-order valence-electron chi connectivity index (χ3n) is 6.95. The van der Waals surface area contributed by atoms with Crippen molar-refractivity contribution in [2.24, 2.45) is 0 Å². The van der Waals surface area contributed by atoms with E-state index in [1.165, 1.54) is 16.2 Å². The number of ketones is 1. The van der Waals surface area contributed by atoms with Gasteiger partial charge in [-0.15, -0.1) is 0 Å². The number of fused-ring (bicyclic) bond motifs is 2. The van der Waals surface area contributed by atoms with Crippen molar-refractivity contribution in [3.05, 3.63) is 88.9 Å². The van der Waals surface area contributed by atoms with Crippen molar-refractivity contribution in [3.63, 3.8) is 0 Å². The number of pyridine rings is 1. The molecule has 10 heteroatoms. The molecule has 1 unspecified atom stereocenters. The Morgan fingerprint density at radius 3 is 2.49 bits per heavy atom. The zero-order valence-corrected chi connectivity index (χ0v) is 22.4. The second kappa shape index (κ2) is 9.25. The molecule has 2 aromatic carbocycles. The molecule has 39 heavy (non-hydrogen) atoms. The lowest BCUT2D eigenvalue weighted by Gasteiger charge is -2.23. The molecule has 1 atom stereocenters. The minimum absolute atomic E-state index is 0.0609. The molecule has 5 aromatic rings. The van der Waals surface area contributed by atoms with Gasteiger partial charge in [-0.25, -0.2) is 9.97 Å². The van der Waals surface area contributed by atoms with Gasteiger partial charge in [0.25, 0.3) is 5.78 Å². The van der Waals surface area contributed by atoms with Gasteiger partial charge < -0.3 is 19.0 Å². The number of ether oxygens (including phenoxy) is 2.